The topological polar surface area (TPSA) is 15.7 Å². The Kier molecular flexibility index (Phi) is 5.22. The lowest BCUT2D eigenvalue weighted by Gasteiger charge is -2.32. The SMILES string of the molecule is C[C@H]1COC(Sc2ccc(CN3CCN(C)CC3)cc2)C1. The van der Waals surface area contributed by atoms with Gasteiger partial charge in [-0.1, -0.05) is 30.8 Å². The average molecular weight is 306 g/mol. The van der Waals surface area contributed by atoms with Crippen molar-refractivity contribution in [1.82, 2.24) is 9.80 Å². The molecule has 0 aromatic heterocycles. The molecular formula is C17H26N2OS. The molecule has 3 nitrogen and oxygen atoms in total. The van der Waals surface area contributed by atoms with Crippen LogP contribution < -0.4 is 0 Å². The number of benzene rings is 1. The smallest absolute Gasteiger partial charge is 0.108 e. The third kappa shape index (κ3) is 4.46. The van der Waals surface area contributed by atoms with Gasteiger partial charge in [0.2, 0.25) is 0 Å². The Hall–Kier alpha value is -0.550. The van der Waals surface area contributed by atoms with Gasteiger partial charge in [-0.2, -0.15) is 0 Å². The molecule has 2 heterocycles. The summed E-state index contributed by atoms with van der Waals surface area (Å²) in [6, 6.07) is 9.06. The number of ether oxygens (including phenoxy) is 1. The molecule has 0 spiro atoms. The molecule has 21 heavy (non-hydrogen) atoms. The fraction of sp³-hybridized carbons (Fsp3) is 0.647. The summed E-state index contributed by atoms with van der Waals surface area (Å²) < 4.78 is 5.78. The first-order valence-electron chi connectivity index (χ1n) is 7.97. The summed E-state index contributed by atoms with van der Waals surface area (Å²) in [4.78, 5) is 6.28. The van der Waals surface area contributed by atoms with Gasteiger partial charge in [-0.15, -0.1) is 0 Å². The number of hydrogen-bond donors (Lipinski definition) is 0. The minimum absolute atomic E-state index is 0.350. The van der Waals surface area contributed by atoms with Crippen molar-refractivity contribution >= 4 is 11.8 Å². The fourth-order valence-corrected chi connectivity index (χ4v) is 4.08. The zero-order valence-corrected chi connectivity index (χ0v) is 13.9. The van der Waals surface area contributed by atoms with Crippen molar-refractivity contribution in [3.63, 3.8) is 0 Å². The second-order valence-electron chi connectivity index (χ2n) is 6.44. The molecule has 0 aliphatic carbocycles. The van der Waals surface area contributed by atoms with Gasteiger partial charge >= 0.3 is 0 Å². The molecule has 2 aliphatic heterocycles. The van der Waals surface area contributed by atoms with Crippen LogP contribution in [0.3, 0.4) is 0 Å². The lowest BCUT2D eigenvalue weighted by molar-refractivity contribution is 0.148. The normalized spacial score (nSPS) is 28.1. The Morgan fingerprint density at radius 2 is 1.86 bits per heavy atom. The summed E-state index contributed by atoms with van der Waals surface area (Å²) in [6.45, 7) is 8.99. The molecule has 3 rings (SSSR count). The minimum Gasteiger partial charge on any atom is -0.367 e. The average Bonchev–Trinajstić information content (AvgIpc) is 2.89. The van der Waals surface area contributed by atoms with Gasteiger partial charge in [-0.25, -0.2) is 0 Å². The lowest BCUT2D eigenvalue weighted by Crippen LogP contribution is -2.43. The van der Waals surface area contributed by atoms with Gasteiger partial charge in [0.25, 0.3) is 0 Å². The molecular weight excluding hydrogens is 280 g/mol. The summed E-state index contributed by atoms with van der Waals surface area (Å²) >= 11 is 1.87. The molecule has 2 saturated heterocycles. The molecule has 0 amide bonds. The number of thioether (sulfide) groups is 1. The number of hydrogen-bond acceptors (Lipinski definition) is 4. The number of piperazine rings is 1. The number of rotatable bonds is 4. The molecule has 1 unspecified atom stereocenters. The van der Waals surface area contributed by atoms with E-state index in [4.69, 9.17) is 4.74 Å². The Bertz CT molecular complexity index is 443. The van der Waals surface area contributed by atoms with E-state index in [1.165, 1.54) is 43.1 Å². The third-order valence-corrected chi connectivity index (χ3v) is 5.49. The van der Waals surface area contributed by atoms with E-state index >= 15 is 0 Å². The monoisotopic (exact) mass is 306 g/mol. The standard InChI is InChI=1S/C17H26N2OS/c1-14-11-17(20-13-14)21-16-5-3-15(4-6-16)12-19-9-7-18(2)8-10-19/h3-6,14,17H,7-13H2,1-2H3/t14-,17?/m1/s1. The van der Waals surface area contributed by atoms with Crippen molar-refractivity contribution in [3.8, 4) is 0 Å². The van der Waals surface area contributed by atoms with E-state index in [0.29, 0.717) is 11.4 Å². The Labute approximate surface area is 132 Å². The number of nitrogens with zero attached hydrogens (tertiary/aromatic N) is 2. The van der Waals surface area contributed by atoms with Gasteiger partial charge in [0.15, 0.2) is 0 Å². The Balaban J connectivity index is 1.49. The summed E-state index contributed by atoms with van der Waals surface area (Å²) in [7, 11) is 2.20. The first-order chi connectivity index (χ1) is 10.2. The summed E-state index contributed by atoms with van der Waals surface area (Å²) in [5, 5.41) is 0. The molecule has 0 N–H and O–H groups in total. The summed E-state index contributed by atoms with van der Waals surface area (Å²) in [5.41, 5.74) is 1.77. The molecule has 1 aromatic carbocycles. The van der Waals surface area contributed by atoms with Crippen LogP contribution in [0.5, 0.6) is 0 Å². The highest BCUT2D eigenvalue weighted by molar-refractivity contribution is 7.99. The van der Waals surface area contributed by atoms with Crippen LogP contribution in [-0.4, -0.2) is 55.1 Å². The molecule has 1 aromatic rings. The van der Waals surface area contributed by atoms with Crippen molar-refractivity contribution in [3.05, 3.63) is 29.8 Å². The molecule has 0 saturated carbocycles. The van der Waals surface area contributed by atoms with E-state index in [1.54, 1.807) is 0 Å². The molecule has 2 fully saturated rings. The van der Waals surface area contributed by atoms with Gasteiger partial charge in [-0.3, -0.25) is 4.90 Å². The molecule has 0 bridgehead atoms. The predicted molar refractivity (Wildman–Crippen MR) is 88.6 cm³/mol. The van der Waals surface area contributed by atoms with Crippen LogP contribution in [0.2, 0.25) is 0 Å². The van der Waals surface area contributed by atoms with Crippen LogP contribution in [0, 0.1) is 5.92 Å². The number of likely N-dealkylation sites (N-methyl/N-ethyl adjacent to an activating group) is 1. The van der Waals surface area contributed by atoms with Crippen LogP contribution in [0.1, 0.15) is 18.9 Å². The first-order valence-corrected chi connectivity index (χ1v) is 8.85. The highest BCUT2D eigenvalue weighted by Gasteiger charge is 2.22. The van der Waals surface area contributed by atoms with E-state index in [0.717, 1.165) is 13.2 Å². The van der Waals surface area contributed by atoms with Gasteiger partial charge in [0.1, 0.15) is 5.44 Å². The van der Waals surface area contributed by atoms with E-state index < -0.39 is 0 Å². The molecule has 116 valence electrons. The summed E-state index contributed by atoms with van der Waals surface area (Å²) in [5.74, 6) is 0.707. The third-order valence-electron chi connectivity index (χ3n) is 4.35. The summed E-state index contributed by atoms with van der Waals surface area (Å²) in [6.07, 6.45) is 1.17. The fourth-order valence-electron chi connectivity index (χ4n) is 2.91. The van der Waals surface area contributed by atoms with Gasteiger partial charge in [-0.05, 0) is 37.1 Å². The molecule has 0 radical (unpaired) electrons. The molecule has 2 atom stereocenters. The highest BCUT2D eigenvalue weighted by Crippen LogP contribution is 2.33. The second-order valence-corrected chi connectivity index (χ2v) is 7.68. The van der Waals surface area contributed by atoms with Crippen LogP contribution in [0.15, 0.2) is 29.2 Å². The Morgan fingerprint density at radius 3 is 2.48 bits per heavy atom. The quantitative estimate of drug-likeness (QED) is 0.849. The van der Waals surface area contributed by atoms with Gasteiger partial charge in [0, 0.05) is 37.6 Å². The second kappa shape index (κ2) is 7.14. The maximum absolute atomic E-state index is 5.78. The lowest BCUT2D eigenvalue weighted by atomic mass is 10.2. The van der Waals surface area contributed by atoms with Crippen molar-refractivity contribution in [2.24, 2.45) is 5.92 Å². The maximum Gasteiger partial charge on any atom is 0.108 e. The van der Waals surface area contributed by atoms with Crippen LogP contribution in [-0.2, 0) is 11.3 Å². The molecule has 4 heteroatoms. The Morgan fingerprint density at radius 1 is 1.14 bits per heavy atom. The van der Waals surface area contributed by atoms with Crippen LogP contribution in [0.25, 0.3) is 0 Å². The van der Waals surface area contributed by atoms with Crippen molar-refractivity contribution in [2.75, 3.05) is 39.8 Å². The van der Waals surface area contributed by atoms with Gasteiger partial charge < -0.3 is 9.64 Å². The van der Waals surface area contributed by atoms with Crippen molar-refractivity contribution in [2.45, 2.75) is 30.2 Å². The minimum atomic E-state index is 0.350. The zero-order valence-electron chi connectivity index (χ0n) is 13.1. The van der Waals surface area contributed by atoms with E-state index in [1.807, 2.05) is 11.8 Å². The largest absolute Gasteiger partial charge is 0.367 e. The zero-order chi connectivity index (χ0) is 14.7. The van der Waals surface area contributed by atoms with E-state index in [-0.39, 0.29) is 0 Å². The van der Waals surface area contributed by atoms with Crippen molar-refractivity contribution < 1.29 is 4.74 Å². The van der Waals surface area contributed by atoms with Crippen LogP contribution in [0.4, 0.5) is 0 Å². The van der Waals surface area contributed by atoms with Crippen molar-refractivity contribution in [1.29, 1.82) is 0 Å². The van der Waals surface area contributed by atoms with Gasteiger partial charge in [0.05, 0.1) is 6.61 Å². The first kappa shape index (κ1) is 15.3. The maximum atomic E-state index is 5.78. The molecule has 2 aliphatic rings. The van der Waals surface area contributed by atoms with E-state index in [9.17, 15) is 0 Å². The van der Waals surface area contributed by atoms with Crippen LogP contribution >= 0.6 is 11.8 Å². The highest BCUT2D eigenvalue weighted by atomic mass is 32.2. The predicted octanol–water partition coefficient (Wildman–Crippen LogP) is 2.91. The van der Waals surface area contributed by atoms with E-state index in [2.05, 4.69) is 48.0 Å².